The molecular weight excluding hydrogens is 230 g/mol. The molecule has 0 aromatic rings. The summed E-state index contributed by atoms with van der Waals surface area (Å²) in [6, 6.07) is 0. The molecule has 0 amide bonds. The molecule has 17 heavy (non-hydrogen) atoms. The zero-order valence-corrected chi connectivity index (χ0v) is 9.67. The smallest absolute Gasteiger partial charge is 0.317 e. The minimum Gasteiger partial charge on any atom is -0.481 e. The van der Waals surface area contributed by atoms with Crippen LogP contribution in [0.5, 0.6) is 0 Å². The van der Waals surface area contributed by atoms with E-state index in [0.29, 0.717) is 0 Å². The molecule has 0 bridgehead atoms. The van der Waals surface area contributed by atoms with Gasteiger partial charge in [-0.2, -0.15) is 0 Å². The van der Waals surface area contributed by atoms with Gasteiger partial charge in [-0.05, 0) is 0 Å². The van der Waals surface area contributed by atoms with Crippen LogP contribution in [0, 0.1) is 0 Å². The molecule has 0 radical (unpaired) electrons. The van der Waals surface area contributed by atoms with Gasteiger partial charge in [0.25, 0.3) is 0 Å². The largest absolute Gasteiger partial charge is 0.481 e. The summed E-state index contributed by atoms with van der Waals surface area (Å²) in [6.45, 7) is -2.69. The van der Waals surface area contributed by atoms with E-state index in [1.54, 1.807) is 0 Å². The van der Waals surface area contributed by atoms with Crippen molar-refractivity contribution in [2.24, 2.45) is 0 Å². The topological polar surface area (TPSA) is 101 Å². The molecule has 0 rings (SSSR count). The first-order valence-electron chi connectivity index (χ1n) is 6.31. The second-order valence-corrected chi connectivity index (χ2v) is 4.15. The molecule has 1 atom stereocenters. The molecular formula is C10H18NO6+. The highest BCUT2D eigenvalue weighted by molar-refractivity contribution is 5.90. The summed E-state index contributed by atoms with van der Waals surface area (Å²) in [5.41, 5.74) is 0. The Labute approximate surface area is 103 Å². The van der Waals surface area contributed by atoms with E-state index in [2.05, 4.69) is 0 Å². The number of carbonyl (C=O) groups excluding carboxylic acids is 1. The molecule has 0 aliphatic carbocycles. The summed E-state index contributed by atoms with van der Waals surface area (Å²) in [4.78, 5) is 32.3. The molecule has 2 N–H and O–H groups in total. The van der Waals surface area contributed by atoms with E-state index in [1.807, 2.05) is 0 Å². The summed E-state index contributed by atoms with van der Waals surface area (Å²) in [6.07, 6.45) is -2.71. The van der Waals surface area contributed by atoms with Crippen molar-refractivity contribution in [3.8, 4) is 0 Å². The average molecular weight is 251 g/mol. The third-order valence-corrected chi connectivity index (χ3v) is 1.66. The predicted octanol–water partition coefficient (Wildman–Crippen LogP) is -0.446. The van der Waals surface area contributed by atoms with Crippen molar-refractivity contribution in [1.82, 2.24) is 0 Å². The van der Waals surface area contributed by atoms with Crippen LogP contribution in [-0.2, 0) is 19.1 Å². The maximum absolute atomic E-state index is 11.2. The van der Waals surface area contributed by atoms with E-state index in [9.17, 15) is 14.4 Å². The SMILES string of the molecule is [2H]C([2H])([2H])[N+](C)(C)C[C@@H](CC(=O)O)OC(=O)CC(=O)O. The van der Waals surface area contributed by atoms with Gasteiger partial charge in [-0.25, -0.2) is 0 Å². The Morgan fingerprint density at radius 3 is 2.29 bits per heavy atom. The number of ether oxygens (including phenoxy) is 1. The Morgan fingerprint density at radius 1 is 1.29 bits per heavy atom. The number of carbonyl (C=O) groups is 3. The molecule has 0 aromatic carbocycles. The van der Waals surface area contributed by atoms with Crippen LogP contribution in [-0.4, -0.2) is 66.3 Å². The van der Waals surface area contributed by atoms with E-state index in [0.717, 1.165) is 0 Å². The van der Waals surface area contributed by atoms with Crippen molar-refractivity contribution in [2.45, 2.75) is 18.9 Å². The molecule has 0 aromatic heterocycles. The van der Waals surface area contributed by atoms with E-state index >= 15 is 0 Å². The highest BCUT2D eigenvalue weighted by Crippen LogP contribution is 2.06. The van der Waals surface area contributed by atoms with Gasteiger partial charge in [0.2, 0.25) is 0 Å². The van der Waals surface area contributed by atoms with Crippen LogP contribution in [0.25, 0.3) is 0 Å². The second kappa shape index (κ2) is 6.19. The Hall–Kier alpha value is -1.63. The lowest BCUT2D eigenvalue weighted by atomic mass is 10.2. The fourth-order valence-electron chi connectivity index (χ4n) is 1.20. The first-order valence-corrected chi connectivity index (χ1v) is 4.81. The van der Waals surface area contributed by atoms with Gasteiger partial charge in [0.15, 0.2) is 6.10 Å². The van der Waals surface area contributed by atoms with Crippen molar-refractivity contribution in [1.29, 1.82) is 0 Å². The predicted molar refractivity (Wildman–Crippen MR) is 57.3 cm³/mol. The van der Waals surface area contributed by atoms with Gasteiger partial charge in [-0.3, -0.25) is 14.4 Å². The van der Waals surface area contributed by atoms with Crippen LogP contribution in [0.4, 0.5) is 0 Å². The lowest BCUT2D eigenvalue weighted by Gasteiger charge is -2.28. The average Bonchev–Trinajstić information content (AvgIpc) is 2.10. The fraction of sp³-hybridized carbons (Fsp3) is 0.700. The standard InChI is InChI=1S/C10H17NO6/c1-11(2,3)6-7(4-8(12)13)17-10(16)5-9(14)15/h7H,4-6H2,1-3H3,(H-,12,13,14,15)/p+1/t7-/m1/s1/i1D3. The number of carboxylic acid groups (broad SMARTS) is 2. The maximum Gasteiger partial charge on any atom is 0.317 e. The Balaban J connectivity index is 4.86. The molecule has 7 nitrogen and oxygen atoms in total. The monoisotopic (exact) mass is 251 g/mol. The van der Waals surface area contributed by atoms with Crippen molar-refractivity contribution >= 4 is 17.9 Å². The number of nitrogens with zero attached hydrogens (tertiary/aromatic N) is 1. The quantitative estimate of drug-likeness (QED) is 0.361. The van der Waals surface area contributed by atoms with Gasteiger partial charge in [0.1, 0.15) is 13.0 Å². The van der Waals surface area contributed by atoms with Crippen molar-refractivity contribution in [3.05, 3.63) is 0 Å². The maximum atomic E-state index is 11.2. The molecule has 7 heteroatoms. The van der Waals surface area contributed by atoms with Crippen LogP contribution in [0.15, 0.2) is 0 Å². The minimum atomic E-state index is -2.42. The number of aliphatic carboxylic acids is 2. The number of rotatable bonds is 7. The summed E-state index contributed by atoms with van der Waals surface area (Å²) < 4.78 is 26.2. The van der Waals surface area contributed by atoms with Crippen molar-refractivity contribution in [2.75, 3.05) is 27.6 Å². The third kappa shape index (κ3) is 9.31. The van der Waals surface area contributed by atoms with Gasteiger partial charge >= 0.3 is 17.9 Å². The highest BCUT2D eigenvalue weighted by Gasteiger charge is 2.25. The highest BCUT2D eigenvalue weighted by atomic mass is 16.5. The molecule has 0 saturated carbocycles. The number of likely N-dealkylation sites (N-methyl/N-ethyl adjacent to an activating group) is 1. The van der Waals surface area contributed by atoms with Crippen LogP contribution < -0.4 is 0 Å². The van der Waals surface area contributed by atoms with Crippen molar-refractivity contribution < 1.29 is 37.9 Å². The molecule has 98 valence electrons. The molecule has 0 unspecified atom stereocenters. The van der Waals surface area contributed by atoms with E-state index < -0.39 is 48.3 Å². The Morgan fingerprint density at radius 2 is 1.88 bits per heavy atom. The first-order chi connectivity index (χ1) is 8.85. The summed E-state index contributed by atoms with van der Waals surface area (Å²) in [5.74, 6) is -3.79. The second-order valence-electron chi connectivity index (χ2n) is 4.15. The summed E-state index contributed by atoms with van der Waals surface area (Å²) in [7, 11) is 2.68. The van der Waals surface area contributed by atoms with E-state index in [4.69, 9.17) is 19.1 Å². The summed E-state index contributed by atoms with van der Waals surface area (Å²) in [5, 5.41) is 17.2. The van der Waals surface area contributed by atoms with Crippen LogP contribution in [0.1, 0.15) is 17.0 Å². The van der Waals surface area contributed by atoms with Gasteiger partial charge in [0, 0.05) is 0 Å². The molecule has 0 fully saturated rings. The molecule has 0 spiro atoms. The van der Waals surface area contributed by atoms with Gasteiger partial charge in [-0.1, -0.05) is 0 Å². The minimum absolute atomic E-state index is 0.270. The number of quaternary nitrogens is 1. The van der Waals surface area contributed by atoms with Gasteiger partial charge in [-0.15, -0.1) is 0 Å². The third-order valence-electron chi connectivity index (χ3n) is 1.66. The zero-order chi connectivity index (χ0) is 16.1. The lowest BCUT2D eigenvalue weighted by molar-refractivity contribution is -0.873. The van der Waals surface area contributed by atoms with E-state index in [-0.39, 0.29) is 6.54 Å². The van der Waals surface area contributed by atoms with Crippen molar-refractivity contribution in [3.63, 3.8) is 0 Å². The Bertz CT molecular complexity index is 393. The number of carboxylic acids is 2. The van der Waals surface area contributed by atoms with Crippen LogP contribution in [0.2, 0.25) is 0 Å². The normalized spacial score (nSPS) is 16.2. The number of hydrogen-bond donors (Lipinski definition) is 2. The molecule has 0 heterocycles. The summed E-state index contributed by atoms with van der Waals surface area (Å²) >= 11 is 0. The fourth-order valence-corrected chi connectivity index (χ4v) is 1.20. The van der Waals surface area contributed by atoms with Gasteiger partial charge in [0.05, 0.1) is 31.6 Å². The molecule has 0 aliphatic rings. The van der Waals surface area contributed by atoms with E-state index in [1.165, 1.54) is 14.1 Å². The number of hydrogen-bond acceptors (Lipinski definition) is 4. The number of esters is 1. The molecule has 0 aliphatic heterocycles. The Kier molecular flexibility index (Phi) is 3.83. The molecule has 0 saturated heterocycles. The van der Waals surface area contributed by atoms with Crippen LogP contribution >= 0.6 is 0 Å². The lowest BCUT2D eigenvalue weighted by Crippen LogP contribution is -2.44. The van der Waals surface area contributed by atoms with Gasteiger partial charge < -0.3 is 19.4 Å². The zero-order valence-electron chi connectivity index (χ0n) is 12.7. The van der Waals surface area contributed by atoms with Crippen LogP contribution in [0.3, 0.4) is 0 Å². The first kappa shape index (κ1) is 10.5.